The van der Waals surface area contributed by atoms with Crippen molar-refractivity contribution < 1.29 is 9.90 Å². The average Bonchev–Trinajstić information content (AvgIpc) is 2.68. The second kappa shape index (κ2) is 8.80. The first-order chi connectivity index (χ1) is 13.4. The van der Waals surface area contributed by atoms with Gasteiger partial charge in [-0.15, -0.1) is 0 Å². The number of carbonyl (C=O) groups is 1. The van der Waals surface area contributed by atoms with Gasteiger partial charge in [-0.05, 0) is 37.6 Å². The Labute approximate surface area is 171 Å². The number of hydrogen-bond acceptors (Lipinski definition) is 4. The number of piperazine rings is 1. The third-order valence-corrected chi connectivity index (χ3v) is 5.45. The number of aryl methyl sites for hydroxylation is 1. The van der Waals surface area contributed by atoms with Gasteiger partial charge in [-0.1, -0.05) is 36.2 Å². The Bertz CT molecular complexity index is 828. The molecule has 150 valence electrons. The Morgan fingerprint density at radius 3 is 2.68 bits per heavy atom. The summed E-state index contributed by atoms with van der Waals surface area (Å²) in [5.41, 5.74) is 2.87. The number of amides is 2. The predicted octanol–water partition coefficient (Wildman–Crippen LogP) is 3.88. The maximum Gasteiger partial charge on any atom is 0.322 e. The SMILES string of the molecule is Cc1ccc(NC(=O)N2CCN(c3ncc([C@@H](C)CO)cc3Cl)C[C@H]2C)cc1. The molecule has 0 bridgehead atoms. The Morgan fingerprint density at radius 2 is 2.07 bits per heavy atom. The molecule has 1 aliphatic heterocycles. The molecule has 28 heavy (non-hydrogen) atoms. The van der Waals surface area contributed by atoms with E-state index < -0.39 is 0 Å². The Morgan fingerprint density at radius 1 is 1.36 bits per heavy atom. The molecule has 0 aliphatic carbocycles. The fourth-order valence-electron chi connectivity index (χ4n) is 3.34. The Hall–Kier alpha value is -2.31. The molecule has 1 aromatic carbocycles. The first-order valence-electron chi connectivity index (χ1n) is 9.54. The lowest BCUT2D eigenvalue weighted by molar-refractivity contribution is 0.184. The highest BCUT2D eigenvalue weighted by molar-refractivity contribution is 6.33. The van der Waals surface area contributed by atoms with Crippen molar-refractivity contribution in [1.29, 1.82) is 0 Å². The summed E-state index contributed by atoms with van der Waals surface area (Å²) in [6.07, 6.45) is 1.77. The molecule has 0 saturated carbocycles. The van der Waals surface area contributed by atoms with E-state index in [1.165, 1.54) is 0 Å². The second-order valence-electron chi connectivity index (χ2n) is 7.44. The van der Waals surface area contributed by atoms with Crippen LogP contribution >= 0.6 is 11.6 Å². The predicted molar refractivity (Wildman–Crippen MR) is 113 cm³/mol. The molecule has 2 heterocycles. The van der Waals surface area contributed by atoms with Crippen LogP contribution in [0.4, 0.5) is 16.3 Å². The van der Waals surface area contributed by atoms with Gasteiger partial charge in [-0.3, -0.25) is 0 Å². The first kappa shape index (κ1) is 20.4. The third-order valence-electron chi connectivity index (χ3n) is 5.18. The van der Waals surface area contributed by atoms with Crippen molar-refractivity contribution in [3.8, 4) is 0 Å². The van der Waals surface area contributed by atoms with E-state index in [4.69, 9.17) is 11.6 Å². The van der Waals surface area contributed by atoms with Gasteiger partial charge in [0.05, 0.1) is 5.02 Å². The molecule has 0 unspecified atom stereocenters. The van der Waals surface area contributed by atoms with Gasteiger partial charge in [0.2, 0.25) is 0 Å². The number of hydrogen-bond donors (Lipinski definition) is 2. The summed E-state index contributed by atoms with van der Waals surface area (Å²) in [4.78, 5) is 21.1. The highest BCUT2D eigenvalue weighted by Gasteiger charge is 2.29. The van der Waals surface area contributed by atoms with Crippen molar-refractivity contribution in [2.75, 3.05) is 36.5 Å². The molecule has 1 aliphatic rings. The topological polar surface area (TPSA) is 68.7 Å². The minimum absolute atomic E-state index is 0.000269. The lowest BCUT2D eigenvalue weighted by Gasteiger charge is -2.40. The van der Waals surface area contributed by atoms with Crippen molar-refractivity contribution in [2.24, 2.45) is 0 Å². The Balaban J connectivity index is 1.64. The van der Waals surface area contributed by atoms with Crippen molar-refractivity contribution in [2.45, 2.75) is 32.7 Å². The molecule has 0 spiro atoms. The van der Waals surface area contributed by atoms with Crippen molar-refractivity contribution in [1.82, 2.24) is 9.88 Å². The van der Waals surface area contributed by atoms with Gasteiger partial charge in [-0.2, -0.15) is 0 Å². The first-order valence-corrected chi connectivity index (χ1v) is 9.92. The van der Waals surface area contributed by atoms with Gasteiger partial charge in [0, 0.05) is 50.1 Å². The largest absolute Gasteiger partial charge is 0.396 e. The summed E-state index contributed by atoms with van der Waals surface area (Å²) in [5.74, 6) is 0.723. The van der Waals surface area contributed by atoms with E-state index in [0.29, 0.717) is 24.7 Å². The number of halogens is 1. The summed E-state index contributed by atoms with van der Waals surface area (Å²) >= 11 is 6.45. The average molecular weight is 403 g/mol. The molecular weight excluding hydrogens is 376 g/mol. The molecule has 1 fully saturated rings. The smallest absolute Gasteiger partial charge is 0.322 e. The van der Waals surface area contributed by atoms with Crippen molar-refractivity contribution >= 4 is 29.1 Å². The fraction of sp³-hybridized carbons (Fsp3) is 0.429. The summed E-state index contributed by atoms with van der Waals surface area (Å²) in [6, 6.07) is 9.57. The molecule has 2 N–H and O–H groups in total. The van der Waals surface area contributed by atoms with Crippen LogP contribution in [0.5, 0.6) is 0 Å². The molecule has 1 aromatic heterocycles. The molecule has 6 nitrogen and oxygen atoms in total. The van der Waals surface area contributed by atoms with Crippen LogP contribution in [0, 0.1) is 6.92 Å². The van der Waals surface area contributed by atoms with E-state index in [1.807, 2.05) is 56.0 Å². The Kier molecular flexibility index (Phi) is 6.42. The van der Waals surface area contributed by atoms with Crippen LogP contribution in [0.1, 0.15) is 30.9 Å². The fourth-order valence-corrected chi connectivity index (χ4v) is 3.63. The molecule has 2 aromatic rings. The van der Waals surface area contributed by atoms with Gasteiger partial charge in [0.15, 0.2) is 0 Å². The number of pyridine rings is 1. The number of carbonyl (C=O) groups excluding carboxylic acids is 1. The van der Waals surface area contributed by atoms with E-state index in [1.54, 1.807) is 6.20 Å². The molecule has 0 radical (unpaired) electrons. The van der Waals surface area contributed by atoms with Crippen LogP contribution in [0.2, 0.25) is 5.02 Å². The maximum atomic E-state index is 12.7. The quantitative estimate of drug-likeness (QED) is 0.814. The van der Waals surface area contributed by atoms with Gasteiger partial charge < -0.3 is 20.2 Å². The number of aliphatic hydroxyl groups excluding tert-OH is 1. The molecular formula is C21H27ClN4O2. The summed E-state index contributed by atoms with van der Waals surface area (Å²) in [5, 5.41) is 12.8. The number of aromatic nitrogens is 1. The van der Waals surface area contributed by atoms with Crippen LogP contribution in [0.25, 0.3) is 0 Å². The number of nitrogens with zero attached hydrogens (tertiary/aromatic N) is 3. The third kappa shape index (κ3) is 4.56. The highest BCUT2D eigenvalue weighted by Crippen LogP contribution is 2.28. The standard InChI is InChI=1S/C21H27ClN4O2/c1-14-4-6-18(7-5-14)24-21(28)26-9-8-25(12-16(26)3)20-19(22)10-17(11-23-20)15(2)13-27/h4-7,10-11,15-16,27H,8-9,12-13H2,1-3H3,(H,24,28)/t15-,16+/m0/s1. The zero-order valence-corrected chi connectivity index (χ0v) is 17.3. The van der Waals surface area contributed by atoms with Gasteiger partial charge in [-0.25, -0.2) is 9.78 Å². The molecule has 2 amide bonds. The summed E-state index contributed by atoms with van der Waals surface area (Å²) < 4.78 is 0. The van der Waals surface area contributed by atoms with E-state index >= 15 is 0 Å². The second-order valence-corrected chi connectivity index (χ2v) is 7.85. The van der Waals surface area contributed by atoms with Gasteiger partial charge in [0.1, 0.15) is 5.82 Å². The number of anilines is 2. The molecule has 1 saturated heterocycles. The number of rotatable bonds is 4. The van der Waals surface area contributed by atoms with E-state index in [0.717, 1.165) is 22.6 Å². The number of nitrogens with one attached hydrogen (secondary N) is 1. The number of benzene rings is 1. The number of urea groups is 1. The van der Waals surface area contributed by atoms with Crippen LogP contribution in [0.15, 0.2) is 36.5 Å². The lowest BCUT2D eigenvalue weighted by atomic mass is 10.0. The van der Waals surface area contributed by atoms with E-state index in [-0.39, 0.29) is 24.6 Å². The van der Waals surface area contributed by atoms with Crippen molar-refractivity contribution in [3.63, 3.8) is 0 Å². The minimum Gasteiger partial charge on any atom is -0.396 e. The molecule has 2 atom stereocenters. The van der Waals surface area contributed by atoms with Crippen LogP contribution < -0.4 is 10.2 Å². The van der Waals surface area contributed by atoms with E-state index in [9.17, 15) is 9.90 Å². The van der Waals surface area contributed by atoms with Crippen LogP contribution in [-0.4, -0.2) is 53.3 Å². The molecule has 7 heteroatoms. The number of aliphatic hydroxyl groups is 1. The summed E-state index contributed by atoms with van der Waals surface area (Å²) in [7, 11) is 0. The highest BCUT2D eigenvalue weighted by atomic mass is 35.5. The normalized spacial score (nSPS) is 18.1. The van der Waals surface area contributed by atoms with Gasteiger partial charge in [0.25, 0.3) is 0 Å². The zero-order chi connectivity index (χ0) is 20.3. The minimum atomic E-state index is -0.0952. The van der Waals surface area contributed by atoms with Crippen molar-refractivity contribution in [3.05, 3.63) is 52.7 Å². The van der Waals surface area contributed by atoms with E-state index in [2.05, 4.69) is 15.2 Å². The monoisotopic (exact) mass is 402 g/mol. The van der Waals surface area contributed by atoms with Crippen LogP contribution in [-0.2, 0) is 0 Å². The van der Waals surface area contributed by atoms with Gasteiger partial charge >= 0.3 is 6.03 Å². The lowest BCUT2D eigenvalue weighted by Crippen LogP contribution is -2.55. The zero-order valence-electron chi connectivity index (χ0n) is 16.5. The van der Waals surface area contributed by atoms with Crippen LogP contribution in [0.3, 0.4) is 0 Å². The summed E-state index contributed by atoms with van der Waals surface area (Å²) in [6.45, 7) is 7.94. The maximum absolute atomic E-state index is 12.7. The molecule has 3 rings (SSSR count).